The minimum atomic E-state index is 0.202. The standard InChI is InChI=1S/C14H21BrN2O/c1-16(2)9-10-17(3)8-7-14(18)12-5-4-6-13(15)11-12/h4-6,11H,7-10H2,1-3H3. The average molecular weight is 313 g/mol. The van der Waals surface area contributed by atoms with Gasteiger partial charge in [-0.1, -0.05) is 28.1 Å². The third-order valence-corrected chi connectivity index (χ3v) is 3.29. The molecular weight excluding hydrogens is 292 g/mol. The van der Waals surface area contributed by atoms with Crippen LogP contribution in [-0.2, 0) is 0 Å². The highest BCUT2D eigenvalue weighted by Crippen LogP contribution is 2.13. The molecule has 0 heterocycles. The van der Waals surface area contributed by atoms with Gasteiger partial charge in [0.1, 0.15) is 0 Å². The maximum absolute atomic E-state index is 12.0. The average Bonchev–Trinajstić information content (AvgIpc) is 2.33. The van der Waals surface area contributed by atoms with E-state index in [2.05, 4.69) is 46.9 Å². The van der Waals surface area contributed by atoms with Crippen molar-refractivity contribution in [1.29, 1.82) is 0 Å². The normalized spacial score (nSPS) is 11.2. The SMILES string of the molecule is CN(C)CCN(C)CCC(=O)c1cccc(Br)c1. The topological polar surface area (TPSA) is 23.6 Å². The Morgan fingerprint density at radius 2 is 1.89 bits per heavy atom. The number of hydrogen-bond donors (Lipinski definition) is 0. The predicted octanol–water partition coefficient (Wildman–Crippen LogP) is 2.52. The number of Topliss-reactive ketones (excluding diaryl/α,β-unsaturated/α-hetero) is 1. The summed E-state index contributed by atoms with van der Waals surface area (Å²) in [4.78, 5) is 16.3. The Kier molecular flexibility index (Phi) is 6.54. The van der Waals surface area contributed by atoms with Gasteiger partial charge in [0.15, 0.2) is 5.78 Å². The van der Waals surface area contributed by atoms with E-state index >= 15 is 0 Å². The number of carbonyl (C=O) groups excluding carboxylic acids is 1. The summed E-state index contributed by atoms with van der Waals surface area (Å²) in [5.41, 5.74) is 0.783. The summed E-state index contributed by atoms with van der Waals surface area (Å²) >= 11 is 3.38. The first-order valence-electron chi connectivity index (χ1n) is 6.11. The van der Waals surface area contributed by atoms with Crippen molar-refractivity contribution in [2.75, 3.05) is 40.8 Å². The first-order chi connectivity index (χ1) is 8.49. The Balaban J connectivity index is 2.37. The number of benzene rings is 1. The maximum Gasteiger partial charge on any atom is 0.164 e. The lowest BCUT2D eigenvalue weighted by molar-refractivity contribution is 0.0968. The Labute approximate surface area is 118 Å². The van der Waals surface area contributed by atoms with Gasteiger partial charge in [-0.2, -0.15) is 0 Å². The molecule has 0 aromatic heterocycles. The minimum absolute atomic E-state index is 0.202. The number of ketones is 1. The lowest BCUT2D eigenvalue weighted by Crippen LogP contribution is -2.30. The molecule has 1 aromatic carbocycles. The zero-order valence-electron chi connectivity index (χ0n) is 11.3. The molecule has 0 radical (unpaired) electrons. The third-order valence-electron chi connectivity index (χ3n) is 2.80. The minimum Gasteiger partial charge on any atom is -0.308 e. The zero-order valence-corrected chi connectivity index (χ0v) is 12.9. The number of hydrogen-bond acceptors (Lipinski definition) is 3. The van der Waals surface area contributed by atoms with Crippen molar-refractivity contribution < 1.29 is 4.79 Å². The summed E-state index contributed by atoms with van der Waals surface area (Å²) in [5, 5.41) is 0. The molecule has 100 valence electrons. The summed E-state index contributed by atoms with van der Waals surface area (Å²) in [6.07, 6.45) is 0.570. The molecule has 0 aliphatic carbocycles. The van der Waals surface area contributed by atoms with Crippen LogP contribution in [-0.4, -0.2) is 56.4 Å². The summed E-state index contributed by atoms with van der Waals surface area (Å²) < 4.78 is 0.953. The van der Waals surface area contributed by atoms with E-state index in [1.807, 2.05) is 24.3 Å². The van der Waals surface area contributed by atoms with Gasteiger partial charge < -0.3 is 9.80 Å². The van der Waals surface area contributed by atoms with Crippen LogP contribution in [0.5, 0.6) is 0 Å². The van der Waals surface area contributed by atoms with Gasteiger partial charge in [0.2, 0.25) is 0 Å². The van der Waals surface area contributed by atoms with Gasteiger partial charge in [0.05, 0.1) is 0 Å². The lowest BCUT2D eigenvalue weighted by Gasteiger charge is -2.18. The highest BCUT2D eigenvalue weighted by atomic mass is 79.9. The van der Waals surface area contributed by atoms with Crippen LogP contribution in [0.4, 0.5) is 0 Å². The van der Waals surface area contributed by atoms with E-state index < -0.39 is 0 Å². The molecule has 3 nitrogen and oxygen atoms in total. The van der Waals surface area contributed by atoms with Crippen molar-refractivity contribution >= 4 is 21.7 Å². The molecule has 0 atom stereocenters. The second-order valence-corrected chi connectivity index (χ2v) is 5.71. The third kappa shape index (κ3) is 5.76. The van der Waals surface area contributed by atoms with Crippen molar-refractivity contribution in [1.82, 2.24) is 9.80 Å². The molecule has 0 unspecified atom stereocenters. The van der Waals surface area contributed by atoms with Crippen molar-refractivity contribution in [3.8, 4) is 0 Å². The van der Waals surface area contributed by atoms with Crippen LogP contribution in [0.3, 0.4) is 0 Å². The van der Waals surface area contributed by atoms with Gasteiger partial charge in [0.25, 0.3) is 0 Å². The first-order valence-corrected chi connectivity index (χ1v) is 6.90. The van der Waals surface area contributed by atoms with E-state index in [0.717, 1.165) is 29.7 Å². The van der Waals surface area contributed by atoms with Crippen LogP contribution in [0.25, 0.3) is 0 Å². The highest BCUT2D eigenvalue weighted by Gasteiger charge is 2.08. The monoisotopic (exact) mass is 312 g/mol. The second-order valence-electron chi connectivity index (χ2n) is 4.79. The number of likely N-dealkylation sites (N-methyl/N-ethyl adjacent to an activating group) is 2. The molecular formula is C14H21BrN2O. The molecule has 18 heavy (non-hydrogen) atoms. The van der Waals surface area contributed by atoms with Crippen LogP contribution in [0.1, 0.15) is 16.8 Å². The highest BCUT2D eigenvalue weighted by molar-refractivity contribution is 9.10. The van der Waals surface area contributed by atoms with E-state index in [0.29, 0.717) is 6.42 Å². The Morgan fingerprint density at radius 3 is 2.50 bits per heavy atom. The van der Waals surface area contributed by atoms with E-state index in [1.54, 1.807) is 0 Å². The Bertz CT molecular complexity index is 393. The zero-order chi connectivity index (χ0) is 13.5. The van der Waals surface area contributed by atoms with Gasteiger partial charge in [0, 0.05) is 36.1 Å². The molecule has 1 aromatic rings. The first kappa shape index (κ1) is 15.3. The molecule has 0 bridgehead atoms. The number of nitrogens with zero attached hydrogens (tertiary/aromatic N) is 2. The van der Waals surface area contributed by atoms with Gasteiger partial charge in [-0.15, -0.1) is 0 Å². The largest absolute Gasteiger partial charge is 0.308 e. The number of rotatable bonds is 7. The molecule has 0 N–H and O–H groups in total. The molecule has 0 spiro atoms. The molecule has 0 aliphatic heterocycles. The van der Waals surface area contributed by atoms with Crippen molar-refractivity contribution in [2.45, 2.75) is 6.42 Å². The quantitative estimate of drug-likeness (QED) is 0.723. The molecule has 1 rings (SSSR count). The molecule has 4 heteroatoms. The van der Waals surface area contributed by atoms with Crippen LogP contribution >= 0.6 is 15.9 Å². The van der Waals surface area contributed by atoms with E-state index in [1.165, 1.54) is 0 Å². The molecule has 0 saturated carbocycles. The molecule has 0 fully saturated rings. The van der Waals surface area contributed by atoms with Crippen molar-refractivity contribution in [3.63, 3.8) is 0 Å². The van der Waals surface area contributed by atoms with Gasteiger partial charge in [-0.25, -0.2) is 0 Å². The number of halogens is 1. The van der Waals surface area contributed by atoms with Crippen molar-refractivity contribution in [2.24, 2.45) is 0 Å². The summed E-state index contributed by atoms with van der Waals surface area (Å²) in [5.74, 6) is 0.202. The van der Waals surface area contributed by atoms with Gasteiger partial charge in [-0.3, -0.25) is 4.79 Å². The van der Waals surface area contributed by atoms with E-state index in [4.69, 9.17) is 0 Å². The summed E-state index contributed by atoms with van der Waals surface area (Å²) in [7, 11) is 6.17. The maximum atomic E-state index is 12.0. The fourth-order valence-electron chi connectivity index (χ4n) is 1.58. The van der Waals surface area contributed by atoms with Crippen LogP contribution in [0, 0.1) is 0 Å². The number of carbonyl (C=O) groups is 1. The van der Waals surface area contributed by atoms with Crippen LogP contribution < -0.4 is 0 Å². The Hall–Kier alpha value is -0.710. The van der Waals surface area contributed by atoms with Crippen LogP contribution in [0.2, 0.25) is 0 Å². The Morgan fingerprint density at radius 1 is 1.17 bits per heavy atom. The smallest absolute Gasteiger partial charge is 0.164 e. The second kappa shape index (κ2) is 7.67. The van der Waals surface area contributed by atoms with Gasteiger partial charge in [-0.05, 0) is 33.3 Å². The molecule has 0 amide bonds. The van der Waals surface area contributed by atoms with E-state index in [-0.39, 0.29) is 5.78 Å². The predicted molar refractivity (Wildman–Crippen MR) is 79.1 cm³/mol. The van der Waals surface area contributed by atoms with Crippen LogP contribution in [0.15, 0.2) is 28.7 Å². The fourth-order valence-corrected chi connectivity index (χ4v) is 1.98. The molecule has 0 saturated heterocycles. The lowest BCUT2D eigenvalue weighted by atomic mass is 10.1. The summed E-state index contributed by atoms with van der Waals surface area (Å²) in [6, 6.07) is 7.57. The van der Waals surface area contributed by atoms with E-state index in [9.17, 15) is 4.79 Å². The van der Waals surface area contributed by atoms with Crippen molar-refractivity contribution in [3.05, 3.63) is 34.3 Å². The molecule has 0 aliphatic rings. The summed E-state index contributed by atoms with van der Waals surface area (Å²) in [6.45, 7) is 2.81. The van der Waals surface area contributed by atoms with Gasteiger partial charge >= 0.3 is 0 Å². The fraction of sp³-hybridized carbons (Fsp3) is 0.500.